The smallest absolute Gasteiger partial charge is 0.380 e. The number of furan rings is 1. The highest BCUT2D eigenvalue weighted by Gasteiger charge is 2.22. The fourth-order valence-corrected chi connectivity index (χ4v) is 2.25. The molecule has 0 aliphatic rings. The van der Waals surface area contributed by atoms with Gasteiger partial charge in [0.2, 0.25) is 5.76 Å². The van der Waals surface area contributed by atoms with E-state index < -0.39 is 11.8 Å². The zero-order valence-corrected chi connectivity index (χ0v) is 12.1. The van der Waals surface area contributed by atoms with Gasteiger partial charge in [-0.3, -0.25) is 0 Å². The van der Waals surface area contributed by atoms with Crippen LogP contribution >= 0.6 is 0 Å². The molecule has 4 nitrogen and oxygen atoms in total. The summed E-state index contributed by atoms with van der Waals surface area (Å²) in [5, 5.41) is 0.548. The molecule has 0 aliphatic heterocycles. The molecule has 5 heteroatoms. The summed E-state index contributed by atoms with van der Waals surface area (Å²) in [6.45, 7) is 1.68. The largest absolute Gasteiger partial charge is 0.493 e. The SMILES string of the molecule is COc1ccccc1OC(=O)c1oc2c(F)cccc2c1C. The molecule has 0 aliphatic carbocycles. The van der Waals surface area contributed by atoms with E-state index in [2.05, 4.69) is 0 Å². The van der Waals surface area contributed by atoms with Gasteiger partial charge in [0.05, 0.1) is 7.11 Å². The lowest BCUT2D eigenvalue weighted by Crippen LogP contribution is -2.09. The van der Waals surface area contributed by atoms with Crippen molar-refractivity contribution in [2.24, 2.45) is 0 Å². The molecule has 2 aromatic carbocycles. The maximum atomic E-state index is 13.7. The average molecular weight is 300 g/mol. The minimum Gasteiger partial charge on any atom is -0.493 e. The van der Waals surface area contributed by atoms with Crippen LogP contribution in [-0.4, -0.2) is 13.1 Å². The van der Waals surface area contributed by atoms with Gasteiger partial charge in [-0.1, -0.05) is 24.3 Å². The quantitative estimate of drug-likeness (QED) is 0.539. The van der Waals surface area contributed by atoms with Crippen LogP contribution in [0, 0.1) is 12.7 Å². The van der Waals surface area contributed by atoms with Crippen molar-refractivity contribution in [3.63, 3.8) is 0 Å². The van der Waals surface area contributed by atoms with Crippen LogP contribution in [0.2, 0.25) is 0 Å². The fraction of sp³-hybridized carbons (Fsp3) is 0.118. The lowest BCUT2D eigenvalue weighted by molar-refractivity contribution is 0.0697. The van der Waals surface area contributed by atoms with Crippen molar-refractivity contribution in [1.29, 1.82) is 0 Å². The van der Waals surface area contributed by atoms with Crippen molar-refractivity contribution in [2.75, 3.05) is 7.11 Å². The topological polar surface area (TPSA) is 48.7 Å². The summed E-state index contributed by atoms with van der Waals surface area (Å²) in [5.41, 5.74) is 0.585. The van der Waals surface area contributed by atoms with Gasteiger partial charge in [0.15, 0.2) is 22.9 Å². The Balaban J connectivity index is 1.99. The van der Waals surface area contributed by atoms with Gasteiger partial charge in [-0.15, -0.1) is 0 Å². The lowest BCUT2D eigenvalue weighted by atomic mass is 10.1. The molecule has 3 aromatic rings. The predicted octanol–water partition coefficient (Wildman–Crippen LogP) is 4.11. The minimum absolute atomic E-state index is 0.0222. The maximum absolute atomic E-state index is 13.7. The Kier molecular flexibility index (Phi) is 3.55. The Labute approximate surface area is 126 Å². The standard InChI is InChI=1S/C17H13FO4/c1-10-11-6-5-7-12(18)16(11)22-15(10)17(19)21-14-9-4-3-8-13(14)20-2/h3-9H,1-2H3. The van der Waals surface area contributed by atoms with E-state index >= 15 is 0 Å². The molecule has 0 unspecified atom stereocenters. The number of fused-ring (bicyclic) bond motifs is 1. The molecule has 0 saturated heterocycles. The zero-order valence-electron chi connectivity index (χ0n) is 12.1. The monoisotopic (exact) mass is 300 g/mol. The summed E-state index contributed by atoms with van der Waals surface area (Å²) in [4.78, 5) is 12.3. The summed E-state index contributed by atoms with van der Waals surface area (Å²) in [6, 6.07) is 11.3. The predicted molar refractivity (Wildman–Crippen MR) is 78.9 cm³/mol. The van der Waals surface area contributed by atoms with Gasteiger partial charge < -0.3 is 13.9 Å². The van der Waals surface area contributed by atoms with E-state index in [4.69, 9.17) is 13.9 Å². The number of carbonyl (C=O) groups is 1. The van der Waals surface area contributed by atoms with Crippen LogP contribution < -0.4 is 9.47 Å². The Morgan fingerprint density at radius 3 is 2.50 bits per heavy atom. The third-order valence-electron chi connectivity index (χ3n) is 3.37. The molecule has 0 spiro atoms. The van der Waals surface area contributed by atoms with Gasteiger partial charge in [0.1, 0.15) is 0 Å². The summed E-state index contributed by atoms with van der Waals surface area (Å²) >= 11 is 0. The Morgan fingerprint density at radius 1 is 1.09 bits per heavy atom. The molecule has 0 radical (unpaired) electrons. The van der Waals surface area contributed by atoms with Crippen LogP contribution in [0.5, 0.6) is 11.5 Å². The Hall–Kier alpha value is -2.82. The van der Waals surface area contributed by atoms with E-state index in [1.54, 1.807) is 43.3 Å². The number of carbonyl (C=O) groups excluding carboxylic acids is 1. The number of para-hydroxylation sites is 3. The second kappa shape index (κ2) is 5.52. The molecule has 0 amide bonds. The van der Waals surface area contributed by atoms with Crippen molar-refractivity contribution in [3.8, 4) is 11.5 Å². The third-order valence-corrected chi connectivity index (χ3v) is 3.37. The Bertz CT molecular complexity index is 851. The second-order valence-corrected chi connectivity index (χ2v) is 4.71. The molecule has 3 rings (SSSR count). The van der Waals surface area contributed by atoms with Crippen LogP contribution in [0.3, 0.4) is 0 Å². The summed E-state index contributed by atoms with van der Waals surface area (Å²) in [7, 11) is 1.48. The first-order valence-corrected chi connectivity index (χ1v) is 6.64. The van der Waals surface area contributed by atoms with Crippen molar-refractivity contribution in [2.45, 2.75) is 6.92 Å². The van der Waals surface area contributed by atoms with E-state index in [9.17, 15) is 9.18 Å². The maximum Gasteiger partial charge on any atom is 0.380 e. The molecule has 0 bridgehead atoms. The molecule has 0 fully saturated rings. The number of aryl methyl sites for hydroxylation is 1. The highest BCUT2D eigenvalue weighted by molar-refractivity contribution is 5.97. The zero-order chi connectivity index (χ0) is 15.7. The van der Waals surface area contributed by atoms with Crippen LogP contribution in [0.15, 0.2) is 46.9 Å². The molecule has 112 valence electrons. The van der Waals surface area contributed by atoms with E-state index in [1.165, 1.54) is 13.2 Å². The number of ether oxygens (including phenoxy) is 2. The first-order valence-electron chi connectivity index (χ1n) is 6.64. The van der Waals surface area contributed by atoms with Crippen molar-refractivity contribution in [3.05, 3.63) is 59.6 Å². The number of esters is 1. The number of rotatable bonds is 3. The van der Waals surface area contributed by atoms with Crippen molar-refractivity contribution >= 4 is 16.9 Å². The second-order valence-electron chi connectivity index (χ2n) is 4.71. The van der Waals surface area contributed by atoms with Crippen LogP contribution in [0.4, 0.5) is 4.39 Å². The number of halogens is 1. The summed E-state index contributed by atoms with van der Waals surface area (Å²) in [5.74, 6) is -0.535. The van der Waals surface area contributed by atoms with Gasteiger partial charge in [0, 0.05) is 10.9 Å². The normalized spacial score (nSPS) is 10.7. The van der Waals surface area contributed by atoms with Crippen molar-refractivity contribution < 1.29 is 23.1 Å². The molecule has 0 N–H and O–H groups in total. The van der Waals surface area contributed by atoms with E-state index in [1.807, 2.05) is 0 Å². The molecule has 1 aromatic heterocycles. The number of hydrogen-bond acceptors (Lipinski definition) is 4. The van der Waals surface area contributed by atoms with E-state index in [0.717, 1.165) is 0 Å². The van der Waals surface area contributed by atoms with Gasteiger partial charge in [-0.25, -0.2) is 9.18 Å². The molecule has 0 saturated carbocycles. The Morgan fingerprint density at radius 2 is 1.82 bits per heavy atom. The van der Waals surface area contributed by atoms with E-state index in [-0.39, 0.29) is 17.1 Å². The van der Waals surface area contributed by atoms with Gasteiger partial charge >= 0.3 is 5.97 Å². The third kappa shape index (κ3) is 2.30. The molecular formula is C17H13FO4. The summed E-state index contributed by atoms with van der Waals surface area (Å²) < 4.78 is 29.5. The number of benzene rings is 2. The van der Waals surface area contributed by atoms with Gasteiger partial charge in [0.25, 0.3) is 0 Å². The average Bonchev–Trinajstić information content (AvgIpc) is 2.87. The van der Waals surface area contributed by atoms with Crippen LogP contribution in [0.1, 0.15) is 16.1 Å². The van der Waals surface area contributed by atoms with Crippen molar-refractivity contribution in [1.82, 2.24) is 0 Å². The highest BCUT2D eigenvalue weighted by atomic mass is 19.1. The van der Waals surface area contributed by atoms with Crippen LogP contribution in [-0.2, 0) is 0 Å². The summed E-state index contributed by atoms with van der Waals surface area (Å²) in [6.07, 6.45) is 0. The number of methoxy groups -OCH3 is 1. The van der Waals surface area contributed by atoms with E-state index in [0.29, 0.717) is 16.7 Å². The minimum atomic E-state index is -0.697. The van der Waals surface area contributed by atoms with Gasteiger partial charge in [-0.2, -0.15) is 0 Å². The lowest BCUT2D eigenvalue weighted by Gasteiger charge is -2.07. The first-order chi connectivity index (χ1) is 10.6. The molecular weight excluding hydrogens is 287 g/mol. The van der Waals surface area contributed by atoms with Gasteiger partial charge in [-0.05, 0) is 25.1 Å². The molecule has 0 atom stereocenters. The first kappa shape index (κ1) is 14.1. The fourth-order valence-electron chi connectivity index (χ4n) is 2.25. The molecule has 1 heterocycles. The van der Waals surface area contributed by atoms with Crippen LogP contribution in [0.25, 0.3) is 11.0 Å². The molecule has 22 heavy (non-hydrogen) atoms. The number of hydrogen-bond donors (Lipinski definition) is 0. The highest BCUT2D eigenvalue weighted by Crippen LogP contribution is 2.30.